The van der Waals surface area contributed by atoms with Crippen LogP contribution >= 0.6 is 0 Å². The summed E-state index contributed by atoms with van der Waals surface area (Å²) in [6, 6.07) is 15.6. The summed E-state index contributed by atoms with van der Waals surface area (Å²) in [6.45, 7) is 1.09. The van der Waals surface area contributed by atoms with Gasteiger partial charge in [-0.3, -0.25) is 4.99 Å². The fraction of sp³-hybridized carbons (Fsp3) is 0.176. The Balaban J connectivity index is 1.54. The zero-order valence-electron chi connectivity index (χ0n) is 12.8. The Labute approximate surface area is 134 Å². The highest BCUT2D eigenvalue weighted by Gasteiger charge is 2.07. The average Bonchev–Trinajstić information content (AvgIpc) is 3.27. The molecule has 0 fully saturated rings. The molecule has 6 nitrogen and oxygen atoms in total. The molecule has 0 spiro atoms. The predicted octanol–water partition coefficient (Wildman–Crippen LogP) is 2.80. The highest BCUT2D eigenvalue weighted by molar-refractivity contribution is 5.79. The molecule has 0 amide bonds. The molecule has 2 N–H and O–H groups in total. The quantitative estimate of drug-likeness (QED) is 0.560. The number of nitrogens with one attached hydrogen (secondary N) is 2. The van der Waals surface area contributed by atoms with Gasteiger partial charge in [0.25, 0.3) is 0 Å². The summed E-state index contributed by atoms with van der Waals surface area (Å²) in [5.41, 5.74) is 1.82. The summed E-state index contributed by atoms with van der Waals surface area (Å²) in [5.74, 6) is 2.27. The molecule has 0 unspecified atom stereocenters. The van der Waals surface area contributed by atoms with Gasteiger partial charge in [0.2, 0.25) is 0 Å². The van der Waals surface area contributed by atoms with Gasteiger partial charge in [0.05, 0.1) is 19.4 Å². The van der Waals surface area contributed by atoms with Gasteiger partial charge in [-0.05, 0) is 12.1 Å². The van der Waals surface area contributed by atoms with E-state index < -0.39 is 0 Å². The smallest absolute Gasteiger partial charge is 0.191 e. The molecule has 0 atom stereocenters. The fourth-order valence-corrected chi connectivity index (χ4v) is 2.11. The van der Waals surface area contributed by atoms with Crippen LogP contribution in [0.2, 0.25) is 0 Å². The number of rotatable bonds is 5. The molecule has 23 heavy (non-hydrogen) atoms. The van der Waals surface area contributed by atoms with Crippen LogP contribution in [0.25, 0.3) is 11.3 Å². The third-order valence-corrected chi connectivity index (χ3v) is 3.29. The lowest BCUT2D eigenvalue weighted by Crippen LogP contribution is -2.36. The molecule has 3 rings (SSSR count). The Morgan fingerprint density at radius 1 is 1.09 bits per heavy atom. The molecule has 6 heteroatoms. The van der Waals surface area contributed by atoms with Crippen LogP contribution in [0.5, 0.6) is 0 Å². The Hall–Kier alpha value is -3.02. The molecular weight excluding hydrogens is 292 g/mol. The zero-order valence-corrected chi connectivity index (χ0v) is 12.8. The zero-order chi connectivity index (χ0) is 15.9. The Kier molecular flexibility index (Phi) is 4.73. The second-order valence-corrected chi connectivity index (χ2v) is 4.91. The third kappa shape index (κ3) is 4.00. The summed E-state index contributed by atoms with van der Waals surface area (Å²) >= 11 is 0. The van der Waals surface area contributed by atoms with E-state index in [0.717, 1.165) is 22.8 Å². The van der Waals surface area contributed by atoms with Gasteiger partial charge in [0.1, 0.15) is 11.5 Å². The van der Waals surface area contributed by atoms with Crippen molar-refractivity contribution in [2.24, 2.45) is 4.99 Å². The first-order valence-corrected chi connectivity index (χ1v) is 7.33. The average molecular weight is 310 g/mol. The molecule has 2 heterocycles. The molecule has 1 aromatic carbocycles. The maximum atomic E-state index is 5.37. The number of hydrogen-bond acceptors (Lipinski definition) is 4. The lowest BCUT2D eigenvalue weighted by atomic mass is 10.2. The second kappa shape index (κ2) is 7.31. The van der Waals surface area contributed by atoms with Crippen molar-refractivity contribution in [2.75, 3.05) is 7.05 Å². The second-order valence-electron chi connectivity index (χ2n) is 4.91. The van der Waals surface area contributed by atoms with Gasteiger partial charge in [-0.1, -0.05) is 35.5 Å². The largest absolute Gasteiger partial charge is 0.467 e. The van der Waals surface area contributed by atoms with E-state index in [1.807, 2.05) is 48.5 Å². The number of aliphatic imine (C=N–C) groups is 1. The molecule has 2 aromatic heterocycles. The molecule has 0 saturated heterocycles. The Morgan fingerprint density at radius 3 is 2.65 bits per heavy atom. The molecule has 0 aliphatic carbocycles. The number of guanidine groups is 1. The predicted molar refractivity (Wildman–Crippen MR) is 87.7 cm³/mol. The molecule has 0 aliphatic rings. The van der Waals surface area contributed by atoms with Crippen molar-refractivity contribution in [3.05, 3.63) is 66.2 Å². The van der Waals surface area contributed by atoms with Crippen LogP contribution in [0.15, 0.2) is 68.7 Å². The SMILES string of the molecule is CN=C(NCc1cc(-c2ccccc2)on1)NCc1ccco1. The van der Waals surface area contributed by atoms with Crippen LogP contribution < -0.4 is 10.6 Å². The summed E-state index contributed by atoms with van der Waals surface area (Å²) in [5, 5.41) is 10.4. The number of hydrogen-bond donors (Lipinski definition) is 2. The van der Waals surface area contributed by atoms with Crippen LogP contribution in [0.1, 0.15) is 11.5 Å². The van der Waals surface area contributed by atoms with Gasteiger partial charge >= 0.3 is 0 Å². The highest BCUT2D eigenvalue weighted by atomic mass is 16.5. The minimum absolute atomic E-state index is 0.522. The van der Waals surface area contributed by atoms with Crippen molar-refractivity contribution in [1.82, 2.24) is 15.8 Å². The Morgan fingerprint density at radius 2 is 1.91 bits per heavy atom. The first kappa shape index (κ1) is 14.9. The summed E-state index contributed by atoms with van der Waals surface area (Å²) in [7, 11) is 1.72. The molecular formula is C17H18N4O2. The maximum absolute atomic E-state index is 5.37. The van der Waals surface area contributed by atoms with E-state index in [1.54, 1.807) is 13.3 Å². The van der Waals surface area contributed by atoms with Crippen molar-refractivity contribution in [3.63, 3.8) is 0 Å². The number of furan rings is 1. The normalized spacial score (nSPS) is 11.4. The summed E-state index contributed by atoms with van der Waals surface area (Å²) < 4.78 is 10.6. The summed E-state index contributed by atoms with van der Waals surface area (Å²) in [4.78, 5) is 4.16. The van der Waals surface area contributed by atoms with E-state index in [-0.39, 0.29) is 0 Å². The fourth-order valence-electron chi connectivity index (χ4n) is 2.11. The van der Waals surface area contributed by atoms with Gasteiger partial charge < -0.3 is 19.6 Å². The standard InChI is InChI=1S/C17H18N4O2/c1-18-17(20-12-15-8-5-9-22-15)19-11-14-10-16(23-21-14)13-6-3-2-4-7-13/h2-10H,11-12H2,1H3,(H2,18,19,20). The van der Waals surface area contributed by atoms with Gasteiger partial charge in [-0.15, -0.1) is 0 Å². The molecule has 118 valence electrons. The lowest BCUT2D eigenvalue weighted by Gasteiger charge is -2.09. The minimum Gasteiger partial charge on any atom is -0.467 e. The van der Waals surface area contributed by atoms with Crippen molar-refractivity contribution in [1.29, 1.82) is 0 Å². The third-order valence-electron chi connectivity index (χ3n) is 3.29. The van der Waals surface area contributed by atoms with Gasteiger partial charge in [0.15, 0.2) is 11.7 Å². The van der Waals surface area contributed by atoms with Crippen molar-refractivity contribution < 1.29 is 8.94 Å². The molecule has 0 saturated carbocycles. The van der Waals surface area contributed by atoms with Gasteiger partial charge in [-0.25, -0.2) is 0 Å². The Bertz CT molecular complexity index is 748. The first-order valence-electron chi connectivity index (χ1n) is 7.33. The lowest BCUT2D eigenvalue weighted by molar-refractivity contribution is 0.422. The van der Waals surface area contributed by atoms with Crippen LogP contribution in [-0.2, 0) is 13.1 Å². The first-order chi connectivity index (χ1) is 11.3. The van der Waals surface area contributed by atoms with E-state index in [4.69, 9.17) is 8.94 Å². The molecule has 3 aromatic rings. The highest BCUT2D eigenvalue weighted by Crippen LogP contribution is 2.19. The number of benzene rings is 1. The van der Waals surface area contributed by atoms with Crippen molar-refractivity contribution in [3.8, 4) is 11.3 Å². The van der Waals surface area contributed by atoms with E-state index >= 15 is 0 Å². The van der Waals surface area contributed by atoms with Crippen molar-refractivity contribution >= 4 is 5.96 Å². The molecule has 0 radical (unpaired) electrons. The summed E-state index contributed by atoms with van der Waals surface area (Å²) in [6.07, 6.45) is 1.65. The van der Waals surface area contributed by atoms with E-state index in [1.165, 1.54) is 0 Å². The van der Waals surface area contributed by atoms with Crippen LogP contribution in [0.4, 0.5) is 0 Å². The molecule has 0 aliphatic heterocycles. The van der Waals surface area contributed by atoms with Crippen LogP contribution in [-0.4, -0.2) is 18.2 Å². The van der Waals surface area contributed by atoms with E-state index in [9.17, 15) is 0 Å². The van der Waals surface area contributed by atoms with Gasteiger partial charge in [-0.2, -0.15) is 0 Å². The maximum Gasteiger partial charge on any atom is 0.191 e. The molecule has 0 bridgehead atoms. The monoisotopic (exact) mass is 310 g/mol. The van der Waals surface area contributed by atoms with Crippen LogP contribution in [0.3, 0.4) is 0 Å². The number of aromatic nitrogens is 1. The van der Waals surface area contributed by atoms with Crippen molar-refractivity contribution in [2.45, 2.75) is 13.1 Å². The number of nitrogens with zero attached hydrogens (tertiary/aromatic N) is 2. The van der Waals surface area contributed by atoms with Gasteiger partial charge in [0, 0.05) is 18.7 Å². The minimum atomic E-state index is 0.522. The van der Waals surface area contributed by atoms with E-state index in [2.05, 4.69) is 20.8 Å². The topological polar surface area (TPSA) is 75.6 Å². The van der Waals surface area contributed by atoms with Crippen LogP contribution in [0, 0.1) is 0 Å². The van der Waals surface area contributed by atoms with E-state index in [0.29, 0.717) is 19.0 Å².